The lowest BCUT2D eigenvalue weighted by molar-refractivity contribution is -0.138. The van der Waals surface area contributed by atoms with Crippen molar-refractivity contribution in [1.29, 1.82) is 0 Å². The first-order valence-electron chi connectivity index (χ1n) is 9.92. The van der Waals surface area contributed by atoms with Crippen molar-refractivity contribution in [1.82, 2.24) is 10.2 Å². The van der Waals surface area contributed by atoms with Gasteiger partial charge >= 0.3 is 6.03 Å². The van der Waals surface area contributed by atoms with Gasteiger partial charge in [-0.05, 0) is 37.8 Å². The van der Waals surface area contributed by atoms with Gasteiger partial charge < -0.3 is 24.6 Å². The normalized spacial score (nSPS) is 23.6. The van der Waals surface area contributed by atoms with E-state index in [1.54, 1.807) is 0 Å². The van der Waals surface area contributed by atoms with Gasteiger partial charge in [0.15, 0.2) is 11.5 Å². The van der Waals surface area contributed by atoms with Crippen molar-refractivity contribution in [2.75, 3.05) is 31.3 Å². The topological polar surface area (TPSA) is 71.1 Å². The van der Waals surface area contributed by atoms with Gasteiger partial charge in [0.1, 0.15) is 0 Å². The van der Waals surface area contributed by atoms with Crippen molar-refractivity contribution in [3.8, 4) is 11.5 Å². The number of nitrogens with zero attached hydrogens (tertiary/aromatic N) is 2. The van der Waals surface area contributed by atoms with Crippen LogP contribution in [-0.4, -0.2) is 49.3 Å². The highest BCUT2D eigenvalue weighted by atomic mass is 16.7. The van der Waals surface area contributed by atoms with E-state index in [-0.39, 0.29) is 24.1 Å². The van der Waals surface area contributed by atoms with Crippen LogP contribution in [-0.2, 0) is 4.79 Å². The third-order valence-electron chi connectivity index (χ3n) is 6.52. The molecule has 0 aromatic heterocycles. The predicted molar refractivity (Wildman–Crippen MR) is 98.9 cm³/mol. The summed E-state index contributed by atoms with van der Waals surface area (Å²) in [6, 6.07) is 6.00. The number of benzene rings is 1. The summed E-state index contributed by atoms with van der Waals surface area (Å²) in [5, 5.41) is 3.15. The second-order valence-electron chi connectivity index (χ2n) is 8.13. The zero-order valence-electron chi connectivity index (χ0n) is 15.4. The third-order valence-corrected chi connectivity index (χ3v) is 6.52. The molecule has 0 radical (unpaired) electrons. The summed E-state index contributed by atoms with van der Waals surface area (Å²) in [5.74, 6) is 1.58. The first-order chi connectivity index (χ1) is 13.1. The molecule has 3 amide bonds. The minimum atomic E-state index is -0.305. The maximum Gasteiger partial charge on any atom is 0.317 e. The van der Waals surface area contributed by atoms with Crippen LogP contribution in [0.15, 0.2) is 18.2 Å². The van der Waals surface area contributed by atoms with Crippen LogP contribution in [0.2, 0.25) is 0 Å². The molecule has 1 spiro atoms. The fraction of sp³-hybridized carbons (Fsp3) is 0.600. The van der Waals surface area contributed by atoms with Crippen molar-refractivity contribution in [2.24, 2.45) is 5.41 Å². The molecule has 1 aromatic carbocycles. The van der Waals surface area contributed by atoms with E-state index in [2.05, 4.69) is 5.32 Å². The molecule has 144 valence electrons. The van der Waals surface area contributed by atoms with Gasteiger partial charge in [0, 0.05) is 37.4 Å². The number of amides is 3. The number of carbonyl (C=O) groups is 2. The van der Waals surface area contributed by atoms with E-state index < -0.39 is 0 Å². The van der Waals surface area contributed by atoms with Gasteiger partial charge in [0.25, 0.3) is 0 Å². The van der Waals surface area contributed by atoms with Gasteiger partial charge in [-0.1, -0.05) is 12.8 Å². The Morgan fingerprint density at radius 1 is 1.11 bits per heavy atom. The summed E-state index contributed by atoms with van der Waals surface area (Å²) >= 11 is 0. The minimum absolute atomic E-state index is 0.0381. The molecule has 7 heteroatoms. The Morgan fingerprint density at radius 2 is 1.85 bits per heavy atom. The van der Waals surface area contributed by atoms with E-state index >= 15 is 0 Å². The molecular weight excluding hydrogens is 346 g/mol. The first kappa shape index (κ1) is 16.7. The fourth-order valence-corrected chi connectivity index (χ4v) is 4.74. The molecule has 0 unspecified atom stereocenters. The van der Waals surface area contributed by atoms with Crippen LogP contribution in [0.1, 0.15) is 38.5 Å². The number of hydrogen-bond acceptors (Lipinski definition) is 4. The molecule has 0 bridgehead atoms. The summed E-state index contributed by atoms with van der Waals surface area (Å²) < 4.78 is 10.7. The molecule has 27 heavy (non-hydrogen) atoms. The van der Waals surface area contributed by atoms with Crippen molar-refractivity contribution in [3.63, 3.8) is 0 Å². The van der Waals surface area contributed by atoms with Gasteiger partial charge in [-0.15, -0.1) is 0 Å². The second-order valence-corrected chi connectivity index (χ2v) is 8.13. The van der Waals surface area contributed by atoms with Crippen LogP contribution in [0.4, 0.5) is 10.5 Å². The van der Waals surface area contributed by atoms with E-state index in [0.29, 0.717) is 31.4 Å². The van der Waals surface area contributed by atoms with E-state index in [1.165, 1.54) is 12.8 Å². The molecule has 4 aliphatic rings. The number of urea groups is 1. The monoisotopic (exact) mass is 371 g/mol. The van der Waals surface area contributed by atoms with E-state index in [4.69, 9.17) is 9.47 Å². The number of rotatable bonds is 2. The van der Waals surface area contributed by atoms with Crippen LogP contribution >= 0.6 is 0 Å². The summed E-state index contributed by atoms with van der Waals surface area (Å²) in [7, 11) is 0. The fourth-order valence-electron chi connectivity index (χ4n) is 4.74. The Hall–Kier alpha value is -2.44. The van der Waals surface area contributed by atoms with Gasteiger partial charge in [0.05, 0.1) is 5.41 Å². The van der Waals surface area contributed by atoms with E-state index in [1.807, 2.05) is 28.0 Å². The average molecular weight is 371 g/mol. The van der Waals surface area contributed by atoms with Crippen LogP contribution in [0.5, 0.6) is 11.5 Å². The zero-order chi connectivity index (χ0) is 18.4. The zero-order valence-corrected chi connectivity index (χ0v) is 15.4. The standard InChI is InChI=1S/C20H25N3O4/c24-18-20(12-23(18)15-5-6-16-17(11-15)27-13-26-16)7-9-22(10-8-20)19(25)21-14-3-1-2-4-14/h5-6,11,14H,1-4,7-10,12-13H2,(H,21,25). The highest BCUT2D eigenvalue weighted by molar-refractivity contribution is 6.04. The number of hydrogen-bond donors (Lipinski definition) is 1. The Kier molecular flexibility index (Phi) is 3.91. The highest BCUT2D eigenvalue weighted by Gasteiger charge is 2.54. The average Bonchev–Trinajstić information content (AvgIpc) is 3.37. The molecule has 5 rings (SSSR count). The Balaban J connectivity index is 1.18. The molecule has 1 aromatic rings. The lowest BCUT2D eigenvalue weighted by atomic mass is 9.71. The van der Waals surface area contributed by atoms with Gasteiger partial charge in [-0.25, -0.2) is 4.79 Å². The Bertz CT molecular complexity index is 766. The molecule has 1 aliphatic carbocycles. The van der Waals surface area contributed by atoms with Crippen molar-refractivity contribution in [3.05, 3.63) is 18.2 Å². The number of ether oxygens (including phenoxy) is 2. The summed E-state index contributed by atoms with van der Waals surface area (Å²) in [6.45, 7) is 2.25. The van der Waals surface area contributed by atoms with E-state index in [9.17, 15) is 9.59 Å². The highest BCUT2D eigenvalue weighted by Crippen LogP contribution is 2.46. The van der Waals surface area contributed by atoms with E-state index in [0.717, 1.165) is 37.1 Å². The largest absolute Gasteiger partial charge is 0.454 e. The van der Waals surface area contributed by atoms with Crippen molar-refractivity contribution in [2.45, 2.75) is 44.6 Å². The molecule has 3 fully saturated rings. The van der Waals surface area contributed by atoms with Crippen LogP contribution < -0.4 is 19.7 Å². The molecule has 2 saturated heterocycles. The minimum Gasteiger partial charge on any atom is -0.454 e. The summed E-state index contributed by atoms with van der Waals surface area (Å²) in [6.07, 6.45) is 6.07. The van der Waals surface area contributed by atoms with Crippen LogP contribution in [0.25, 0.3) is 0 Å². The number of nitrogens with one attached hydrogen (secondary N) is 1. The van der Waals surface area contributed by atoms with Gasteiger partial charge in [-0.3, -0.25) is 4.79 Å². The SMILES string of the molecule is O=C(NC1CCCC1)N1CCC2(CC1)CN(c1ccc3c(c1)OCO3)C2=O. The molecule has 7 nitrogen and oxygen atoms in total. The van der Waals surface area contributed by atoms with Crippen molar-refractivity contribution >= 4 is 17.6 Å². The van der Waals surface area contributed by atoms with Crippen LogP contribution in [0, 0.1) is 5.41 Å². The second kappa shape index (κ2) is 6.32. The number of carbonyl (C=O) groups excluding carboxylic acids is 2. The maximum absolute atomic E-state index is 12.9. The lowest BCUT2D eigenvalue weighted by Gasteiger charge is -2.52. The van der Waals surface area contributed by atoms with Gasteiger partial charge in [0.2, 0.25) is 12.7 Å². The number of piperidine rings is 1. The number of anilines is 1. The van der Waals surface area contributed by atoms with Crippen molar-refractivity contribution < 1.29 is 19.1 Å². The van der Waals surface area contributed by atoms with Crippen LogP contribution in [0.3, 0.4) is 0 Å². The predicted octanol–water partition coefficient (Wildman–Crippen LogP) is 2.50. The Morgan fingerprint density at radius 3 is 2.59 bits per heavy atom. The number of β-lactam (4-membered cyclic amide) rings is 1. The third kappa shape index (κ3) is 2.80. The molecule has 0 atom stereocenters. The smallest absolute Gasteiger partial charge is 0.317 e. The number of likely N-dealkylation sites (tertiary alicyclic amines) is 1. The summed E-state index contributed by atoms with van der Waals surface area (Å²) in [4.78, 5) is 29.1. The molecular formula is C20H25N3O4. The molecule has 1 N–H and O–H groups in total. The Labute approximate surface area is 158 Å². The maximum atomic E-state index is 12.9. The van der Waals surface area contributed by atoms with Gasteiger partial charge in [-0.2, -0.15) is 0 Å². The molecule has 3 heterocycles. The molecule has 3 aliphatic heterocycles. The lowest BCUT2D eigenvalue weighted by Crippen LogP contribution is -2.65. The first-order valence-corrected chi connectivity index (χ1v) is 9.92. The summed E-state index contributed by atoms with van der Waals surface area (Å²) in [5.41, 5.74) is 0.553. The quantitative estimate of drug-likeness (QED) is 0.811. The molecule has 1 saturated carbocycles. The number of fused-ring (bicyclic) bond motifs is 1.